The van der Waals surface area contributed by atoms with E-state index in [1.54, 1.807) is 6.07 Å². The highest BCUT2D eigenvalue weighted by molar-refractivity contribution is 6.32. The summed E-state index contributed by atoms with van der Waals surface area (Å²) in [5.41, 5.74) is 0.214. The molecule has 3 N–H and O–H groups in total. The maximum Gasteiger partial charge on any atom is 0.254 e. The Hall–Kier alpha value is -1.17. The van der Waals surface area contributed by atoms with Gasteiger partial charge in [0.05, 0.1) is 24.8 Å². The fourth-order valence-corrected chi connectivity index (χ4v) is 1.17. The summed E-state index contributed by atoms with van der Waals surface area (Å²) in [7, 11) is 0. The van der Waals surface area contributed by atoms with Gasteiger partial charge >= 0.3 is 0 Å². The fraction of sp³-hybridized carbons (Fsp3) is 0.333. The Morgan fingerprint density at radius 2 is 2.20 bits per heavy atom. The van der Waals surface area contributed by atoms with Crippen molar-refractivity contribution >= 4 is 17.5 Å². The highest BCUT2D eigenvalue weighted by Crippen LogP contribution is 2.11. The van der Waals surface area contributed by atoms with Crippen LogP contribution < -0.4 is 5.32 Å². The number of rotatable bonds is 4. The zero-order valence-corrected chi connectivity index (χ0v) is 8.61. The zero-order chi connectivity index (χ0) is 11.3. The number of hydrogen-bond acceptors (Lipinski definition) is 4. The Morgan fingerprint density at radius 3 is 2.73 bits per heavy atom. The number of carbonyl (C=O) groups excluding carboxylic acids is 1. The van der Waals surface area contributed by atoms with E-state index in [-0.39, 0.29) is 23.9 Å². The van der Waals surface area contributed by atoms with Gasteiger partial charge in [0.1, 0.15) is 5.15 Å². The van der Waals surface area contributed by atoms with Crippen LogP contribution in [0.1, 0.15) is 10.4 Å². The molecule has 0 aliphatic carbocycles. The third-order valence-corrected chi connectivity index (χ3v) is 2.08. The van der Waals surface area contributed by atoms with Gasteiger partial charge in [-0.3, -0.25) is 4.79 Å². The highest BCUT2D eigenvalue weighted by Gasteiger charge is 2.14. The Balaban J connectivity index is 2.73. The molecule has 6 heteroatoms. The monoisotopic (exact) mass is 230 g/mol. The van der Waals surface area contributed by atoms with Crippen molar-refractivity contribution in [3.8, 4) is 0 Å². The Kier molecular flexibility index (Phi) is 4.48. The van der Waals surface area contributed by atoms with Crippen molar-refractivity contribution in [3.05, 3.63) is 29.0 Å². The van der Waals surface area contributed by atoms with E-state index in [1.807, 2.05) is 0 Å². The van der Waals surface area contributed by atoms with Crippen LogP contribution in [0, 0.1) is 0 Å². The van der Waals surface area contributed by atoms with Crippen LogP contribution in [-0.4, -0.2) is 40.4 Å². The summed E-state index contributed by atoms with van der Waals surface area (Å²) in [5.74, 6) is -0.471. The molecule has 1 aromatic heterocycles. The quantitative estimate of drug-likeness (QED) is 0.627. The predicted molar refractivity (Wildman–Crippen MR) is 54.7 cm³/mol. The van der Waals surface area contributed by atoms with Crippen molar-refractivity contribution in [3.63, 3.8) is 0 Å². The standard InChI is InChI=1S/C9H11ClN2O3/c10-8-7(2-1-3-11-8)9(15)12-6(4-13)5-14/h1-3,6,13-14H,4-5H2,(H,12,15). The highest BCUT2D eigenvalue weighted by atomic mass is 35.5. The van der Waals surface area contributed by atoms with Gasteiger partial charge in [0.15, 0.2) is 0 Å². The number of aromatic nitrogens is 1. The van der Waals surface area contributed by atoms with E-state index in [1.165, 1.54) is 12.3 Å². The minimum atomic E-state index is -0.686. The number of pyridine rings is 1. The minimum absolute atomic E-state index is 0.0876. The number of nitrogens with zero attached hydrogens (tertiary/aromatic N) is 1. The summed E-state index contributed by atoms with van der Waals surface area (Å²) in [6.45, 7) is -0.666. The number of aliphatic hydroxyl groups is 2. The molecule has 0 aromatic carbocycles. The lowest BCUT2D eigenvalue weighted by atomic mass is 10.2. The van der Waals surface area contributed by atoms with Crippen LogP contribution in [-0.2, 0) is 0 Å². The predicted octanol–water partition coefficient (Wildman–Crippen LogP) is -0.182. The maximum atomic E-state index is 11.5. The van der Waals surface area contributed by atoms with E-state index in [2.05, 4.69) is 10.3 Å². The van der Waals surface area contributed by atoms with Crippen LogP contribution in [0.15, 0.2) is 18.3 Å². The second-order valence-corrected chi connectivity index (χ2v) is 3.24. The van der Waals surface area contributed by atoms with Crippen molar-refractivity contribution in [2.24, 2.45) is 0 Å². The van der Waals surface area contributed by atoms with Gasteiger partial charge in [-0.25, -0.2) is 4.98 Å². The van der Waals surface area contributed by atoms with E-state index in [4.69, 9.17) is 21.8 Å². The molecular weight excluding hydrogens is 220 g/mol. The van der Waals surface area contributed by atoms with Gasteiger partial charge in [-0.05, 0) is 12.1 Å². The number of nitrogens with one attached hydrogen (secondary N) is 1. The minimum Gasteiger partial charge on any atom is -0.394 e. The summed E-state index contributed by atoms with van der Waals surface area (Å²) in [6, 6.07) is 2.40. The number of hydrogen-bond donors (Lipinski definition) is 3. The maximum absolute atomic E-state index is 11.5. The lowest BCUT2D eigenvalue weighted by Crippen LogP contribution is -2.40. The molecule has 0 aliphatic heterocycles. The van der Waals surface area contributed by atoms with Crippen molar-refractivity contribution in [1.29, 1.82) is 0 Å². The molecule has 0 aliphatic rings. The molecule has 0 atom stereocenters. The summed E-state index contributed by atoms with van der Waals surface area (Å²) in [6.07, 6.45) is 1.47. The van der Waals surface area contributed by atoms with Gasteiger partial charge in [0, 0.05) is 6.20 Å². The molecule has 0 bridgehead atoms. The van der Waals surface area contributed by atoms with Crippen LogP contribution in [0.2, 0.25) is 5.15 Å². The van der Waals surface area contributed by atoms with Crippen LogP contribution in [0.25, 0.3) is 0 Å². The molecule has 1 amide bonds. The van der Waals surface area contributed by atoms with E-state index in [0.29, 0.717) is 0 Å². The van der Waals surface area contributed by atoms with Gasteiger partial charge in [-0.15, -0.1) is 0 Å². The van der Waals surface area contributed by atoms with Crippen LogP contribution in [0.3, 0.4) is 0 Å². The molecule has 0 unspecified atom stereocenters. The number of carbonyl (C=O) groups is 1. The van der Waals surface area contributed by atoms with Gasteiger partial charge < -0.3 is 15.5 Å². The summed E-state index contributed by atoms with van der Waals surface area (Å²) < 4.78 is 0. The third-order valence-electron chi connectivity index (χ3n) is 1.78. The molecule has 0 radical (unpaired) electrons. The van der Waals surface area contributed by atoms with Crippen molar-refractivity contribution < 1.29 is 15.0 Å². The zero-order valence-electron chi connectivity index (χ0n) is 7.85. The first-order valence-electron chi connectivity index (χ1n) is 4.32. The smallest absolute Gasteiger partial charge is 0.254 e. The molecule has 1 rings (SSSR count). The Labute approximate surface area is 91.7 Å². The molecule has 0 spiro atoms. The summed E-state index contributed by atoms with van der Waals surface area (Å²) in [5, 5.41) is 20.0. The number of amides is 1. The average molecular weight is 231 g/mol. The first kappa shape index (κ1) is 11.9. The van der Waals surface area contributed by atoms with Crippen molar-refractivity contribution in [2.75, 3.05) is 13.2 Å². The van der Waals surface area contributed by atoms with Gasteiger partial charge in [-0.1, -0.05) is 11.6 Å². The number of halogens is 1. The first-order valence-corrected chi connectivity index (χ1v) is 4.70. The summed E-state index contributed by atoms with van der Waals surface area (Å²) in [4.78, 5) is 15.3. The van der Waals surface area contributed by atoms with E-state index < -0.39 is 11.9 Å². The largest absolute Gasteiger partial charge is 0.394 e. The lowest BCUT2D eigenvalue weighted by Gasteiger charge is -2.13. The second-order valence-electron chi connectivity index (χ2n) is 2.88. The van der Waals surface area contributed by atoms with E-state index in [0.717, 1.165) is 0 Å². The van der Waals surface area contributed by atoms with Gasteiger partial charge in [-0.2, -0.15) is 0 Å². The topological polar surface area (TPSA) is 82.5 Å². The van der Waals surface area contributed by atoms with Crippen molar-refractivity contribution in [2.45, 2.75) is 6.04 Å². The second kappa shape index (κ2) is 5.65. The first-order chi connectivity index (χ1) is 7.19. The molecule has 82 valence electrons. The van der Waals surface area contributed by atoms with Crippen LogP contribution in [0.4, 0.5) is 0 Å². The molecular formula is C9H11ClN2O3. The summed E-state index contributed by atoms with van der Waals surface area (Å²) >= 11 is 5.69. The van der Waals surface area contributed by atoms with Crippen molar-refractivity contribution in [1.82, 2.24) is 10.3 Å². The Morgan fingerprint density at radius 1 is 1.53 bits per heavy atom. The molecule has 1 aromatic rings. The molecule has 15 heavy (non-hydrogen) atoms. The third kappa shape index (κ3) is 3.16. The molecule has 0 saturated carbocycles. The molecule has 0 saturated heterocycles. The molecule has 1 heterocycles. The normalized spacial score (nSPS) is 10.4. The SMILES string of the molecule is O=C(NC(CO)CO)c1cccnc1Cl. The van der Waals surface area contributed by atoms with Crippen LogP contribution in [0.5, 0.6) is 0 Å². The molecule has 0 fully saturated rings. The van der Waals surface area contributed by atoms with E-state index >= 15 is 0 Å². The van der Waals surface area contributed by atoms with Gasteiger partial charge in [0.2, 0.25) is 0 Å². The molecule has 5 nitrogen and oxygen atoms in total. The number of aliphatic hydroxyl groups excluding tert-OH is 2. The Bertz CT molecular complexity index is 342. The fourth-order valence-electron chi connectivity index (χ4n) is 0.968. The average Bonchev–Trinajstić information content (AvgIpc) is 2.26. The van der Waals surface area contributed by atoms with Crippen LogP contribution >= 0.6 is 11.6 Å². The van der Waals surface area contributed by atoms with Gasteiger partial charge in [0.25, 0.3) is 5.91 Å². The lowest BCUT2D eigenvalue weighted by molar-refractivity contribution is 0.0879. The van der Waals surface area contributed by atoms with E-state index in [9.17, 15) is 4.79 Å².